The highest BCUT2D eigenvalue weighted by atomic mass is 32.2. The lowest BCUT2D eigenvalue weighted by Gasteiger charge is -2.11. The zero-order valence-electron chi connectivity index (χ0n) is 16.6. The molecular weight excluding hydrogens is 380 g/mol. The highest BCUT2D eigenvalue weighted by molar-refractivity contribution is 7.93. The Kier molecular flexibility index (Phi) is 5.58. The Balaban J connectivity index is 1.63. The molecule has 4 rings (SSSR count). The molecule has 0 saturated heterocycles. The Hall–Kier alpha value is -2.79. The van der Waals surface area contributed by atoms with E-state index in [9.17, 15) is 8.42 Å². The fourth-order valence-electron chi connectivity index (χ4n) is 3.83. The summed E-state index contributed by atoms with van der Waals surface area (Å²) < 4.78 is 29.0. The van der Waals surface area contributed by atoms with Gasteiger partial charge in [-0.05, 0) is 48.1 Å². The first-order valence-electron chi connectivity index (χ1n) is 10.2. The van der Waals surface area contributed by atoms with E-state index >= 15 is 0 Å². The largest absolute Gasteiger partial charge is 0.361 e. The first-order valence-corrected chi connectivity index (χ1v) is 11.7. The second-order valence-electron chi connectivity index (χ2n) is 7.47. The van der Waals surface area contributed by atoms with Crippen molar-refractivity contribution < 1.29 is 8.42 Å². The van der Waals surface area contributed by atoms with Crippen molar-refractivity contribution >= 4 is 37.4 Å². The molecule has 29 heavy (non-hydrogen) atoms. The van der Waals surface area contributed by atoms with Crippen LogP contribution in [0.2, 0.25) is 0 Å². The third-order valence-corrected chi connectivity index (χ3v) is 6.80. The van der Waals surface area contributed by atoms with Gasteiger partial charge in [0.25, 0.3) is 10.0 Å². The summed E-state index contributed by atoms with van der Waals surface area (Å²) in [5, 5.41) is 2.72. The number of hydrogen-bond donors (Lipinski definition) is 2. The zero-order valence-corrected chi connectivity index (χ0v) is 17.4. The number of aryl methyl sites for hydroxylation is 1. The number of sulfonamides is 1. The lowest BCUT2D eigenvalue weighted by molar-refractivity contribution is 0.602. The summed E-state index contributed by atoms with van der Waals surface area (Å²) in [6.07, 6.45) is 7.87. The molecule has 0 saturated carbocycles. The monoisotopic (exact) mass is 406 g/mol. The molecule has 0 radical (unpaired) electrons. The molecule has 0 aliphatic heterocycles. The van der Waals surface area contributed by atoms with Gasteiger partial charge in [0.15, 0.2) is 0 Å². The molecule has 4 nitrogen and oxygen atoms in total. The number of fused-ring (bicyclic) bond motifs is 2. The van der Waals surface area contributed by atoms with Crippen molar-refractivity contribution in [1.82, 2.24) is 4.98 Å². The number of rotatable bonds is 8. The molecule has 0 spiro atoms. The molecule has 0 bridgehead atoms. The minimum Gasteiger partial charge on any atom is -0.361 e. The van der Waals surface area contributed by atoms with Gasteiger partial charge in [-0.25, -0.2) is 8.42 Å². The maximum Gasteiger partial charge on any atom is 0.262 e. The molecule has 150 valence electrons. The average Bonchev–Trinajstić information content (AvgIpc) is 3.13. The molecule has 1 aromatic heterocycles. The van der Waals surface area contributed by atoms with Gasteiger partial charge in [-0.1, -0.05) is 62.6 Å². The minimum absolute atomic E-state index is 0.296. The van der Waals surface area contributed by atoms with Crippen LogP contribution in [0.15, 0.2) is 71.8 Å². The molecule has 1 heterocycles. The Labute approximate surface area is 172 Å². The normalized spacial score (nSPS) is 11.9. The summed E-state index contributed by atoms with van der Waals surface area (Å²) in [4.78, 5) is 3.59. The average molecular weight is 407 g/mol. The Morgan fingerprint density at radius 2 is 1.72 bits per heavy atom. The fraction of sp³-hybridized carbons (Fsp3) is 0.250. The summed E-state index contributed by atoms with van der Waals surface area (Å²) in [6, 6.07) is 18.6. The fourth-order valence-corrected chi connectivity index (χ4v) is 5.11. The molecule has 0 fully saturated rings. The SMILES string of the molecule is CCCCCCc1c[nH]c2ccc(NS(=O)(=O)c3cccc4ccccc34)cc12. The summed E-state index contributed by atoms with van der Waals surface area (Å²) >= 11 is 0. The van der Waals surface area contributed by atoms with Gasteiger partial charge in [0.05, 0.1) is 4.90 Å². The molecular formula is C24H26N2O2S. The summed E-state index contributed by atoms with van der Waals surface area (Å²) in [5.74, 6) is 0. The molecule has 0 unspecified atom stereocenters. The van der Waals surface area contributed by atoms with Crippen LogP contribution in [-0.4, -0.2) is 13.4 Å². The lowest BCUT2D eigenvalue weighted by Crippen LogP contribution is -2.13. The van der Waals surface area contributed by atoms with Crippen molar-refractivity contribution in [1.29, 1.82) is 0 Å². The highest BCUT2D eigenvalue weighted by Gasteiger charge is 2.17. The number of unbranched alkanes of at least 4 members (excludes halogenated alkanes) is 3. The Bertz CT molecular complexity index is 1240. The molecule has 0 aliphatic rings. The number of nitrogens with one attached hydrogen (secondary N) is 2. The van der Waals surface area contributed by atoms with Crippen LogP contribution in [-0.2, 0) is 16.4 Å². The zero-order chi connectivity index (χ0) is 20.3. The third kappa shape index (κ3) is 4.15. The van der Waals surface area contributed by atoms with Crippen LogP contribution in [0.25, 0.3) is 21.7 Å². The van der Waals surface area contributed by atoms with E-state index in [-0.39, 0.29) is 0 Å². The number of H-pyrrole nitrogens is 1. The van der Waals surface area contributed by atoms with Crippen molar-refractivity contribution in [2.45, 2.75) is 43.9 Å². The first kappa shape index (κ1) is 19.5. The highest BCUT2D eigenvalue weighted by Crippen LogP contribution is 2.28. The van der Waals surface area contributed by atoms with Crippen molar-refractivity contribution in [2.75, 3.05) is 4.72 Å². The maximum atomic E-state index is 13.1. The van der Waals surface area contributed by atoms with Gasteiger partial charge in [-0.3, -0.25) is 4.72 Å². The second-order valence-corrected chi connectivity index (χ2v) is 9.12. The van der Waals surface area contributed by atoms with Crippen LogP contribution in [0.5, 0.6) is 0 Å². The van der Waals surface area contributed by atoms with Crippen LogP contribution < -0.4 is 4.72 Å². The van der Waals surface area contributed by atoms with Crippen LogP contribution in [0.1, 0.15) is 38.2 Å². The second kappa shape index (κ2) is 8.29. The van der Waals surface area contributed by atoms with E-state index in [1.165, 1.54) is 24.8 Å². The van der Waals surface area contributed by atoms with Gasteiger partial charge in [-0.2, -0.15) is 0 Å². The van der Waals surface area contributed by atoms with Gasteiger partial charge in [0, 0.05) is 28.2 Å². The van der Waals surface area contributed by atoms with Gasteiger partial charge in [0.2, 0.25) is 0 Å². The van der Waals surface area contributed by atoms with E-state index in [1.54, 1.807) is 12.1 Å². The number of aromatic nitrogens is 1. The van der Waals surface area contributed by atoms with Gasteiger partial charge in [0.1, 0.15) is 0 Å². The van der Waals surface area contributed by atoms with Gasteiger partial charge < -0.3 is 4.98 Å². The van der Waals surface area contributed by atoms with E-state index in [0.717, 1.165) is 34.5 Å². The van der Waals surface area contributed by atoms with Crippen LogP contribution in [0.3, 0.4) is 0 Å². The lowest BCUT2D eigenvalue weighted by atomic mass is 10.1. The van der Waals surface area contributed by atoms with Crippen LogP contribution >= 0.6 is 0 Å². The standard InChI is InChI=1S/C24H26N2O2S/c1-2-3-4-5-10-19-17-25-23-15-14-20(16-22(19)23)26-29(27,28)24-13-8-11-18-9-6-7-12-21(18)24/h6-9,11-17,25-26H,2-5,10H2,1H3. The third-order valence-electron chi connectivity index (χ3n) is 5.36. The predicted molar refractivity (Wildman–Crippen MR) is 121 cm³/mol. The molecule has 0 amide bonds. The van der Waals surface area contributed by atoms with Crippen LogP contribution in [0.4, 0.5) is 5.69 Å². The molecule has 3 aromatic carbocycles. The van der Waals surface area contributed by atoms with Gasteiger partial charge >= 0.3 is 0 Å². The van der Waals surface area contributed by atoms with E-state index in [2.05, 4.69) is 16.6 Å². The summed E-state index contributed by atoms with van der Waals surface area (Å²) in [6.45, 7) is 2.21. The maximum absolute atomic E-state index is 13.1. The molecule has 2 N–H and O–H groups in total. The quantitative estimate of drug-likeness (QED) is 0.340. The molecule has 0 atom stereocenters. The van der Waals surface area contributed by atoms with Crippen molar-refractivity contribution in [3.05, 3.63) is 72.4 Å². The topological polar surface area (TPSA) is 62.0 Å². The molecule has 5 heteroatoms. The molecule has 4 aromatic rings. The molecule has 0 aliphatic carbocycles. The number of hydrogen-bond acceptors (Lipinski definition) is 2. The summed E-state index contributed by atoms with van der Waals surface area (Å²) in [5.41, 5.74) is 2.85. The van der Waals surface area contributed by atoms with E-state index in [4.69, 9.17) is 0 Å². The minimum atomic E-state index is -3.69. The first-order chi connectivity index (χ1) is 14.1. The van der Waals surface area contributed by atoms with Crippen molar-refractivity contribution in [2.24, 2.45) is 0 Å². The number of anilines is 1. The van der Waals surface area contributed by atoms with Gasteiger partial charge in [-0.15, -0.1) is 0 Å². The van der Waals surface area contributed by atoms with Crippen LogP contribution in [0, 0.1) is 0 Å². The summed E-state index contributed by atoms with van der Waals surface area (Å²) in [7, 11) is -3.69. The number of benzene rings is 3. The van der Waals surface area contributed by atoms with Crippen molar-refractivity contribution in [3.63, 3.8) is 0 Å². The van der Waals surface area contributed by atoms with E-state index in [1.807, 2.05) is 54.7 Å². The smallest absolute Gasteiger partial charge is 0.262 e. The van der Waals surface area contributed by atoms with E-state index in [0.29, 0.717) is 10.6 Å². The predicted octanol–water partition coefficient (Wildman–Crippen LogP) is 6.24. The van der Waals surface area contributed by atoms with Crippen molar-refractivity contribution in [3.8, 4) is 0 Å². The number of aromatic amines is 1. The Morgan fingerprint density at radius 1 is 0.897 bits per heavy atom. The Morgan fingerprint density at radius 3 is 2.59 bits per heavy atom. The van der Waals surface area contributed by atoms with E-state index < -0.39 is 10.0 Å².